The first-order valence-electron chi connectivity index (χ1n) is 5.19. The molecule has 0 aromatic heterocycles. The zero-order valence-electron chi connectivity index (χ0n) is 9.38. The van der Waals surface area contributed by atoms with E-state index in [0.717, 1.165) is 18.2 Å². The maximum Gasteiger partial charge on any atom is 0.258 e. The predicted octanol–water partition coefficient (Wildman–Crippen LogP) is 4.52. The molecule has 0 unspecified atom stereocenters. The van der Waals surface area contributed by atoms with Crippen molar-refractivity contribution in [2.75, 3.05) is 5.32 Å². The molecule has 0 fully saturated rings. The Labute approximate surface area is 118 Å². The van der Waals surface area contributed by atoms with E-state index in [4.69, 9.17) is 23.2 Å². The molecule has 0 radical (unpaired) electrons. The van der Waals surface area contributed by atoms with Crippen molar-refractivity contribution >= 4 is 34.8 Å². The van der Waals surface area contributed by atoms with Crippen LogP contribution in [0.5, 0.6) is 0 Å². The Bertz CT molecular complexity index is 647. The van der Waals surface area contributed by atoms with Gasteiger partial charge in [0.2, 0.25) is 0 Å². The molecule has 2 aromatic rings. The van der Waals surface area contributed by atoms with E-state index in [0.29, 0.717) is 10.7 Å². The highest BCUT2D eigenvalue weighted by Crippen LogP contribution is 2.25. The molecule has 98 valence electrons. The van der Waals surface area contributed by atoms with Crippen molar-refractivity contribution in [3.05, 3.63) is 63.6 Å². The second-order valence-corrected chi connectivity index (χ2v) is 4.52. The van der Waals surface area contributed by atoms with E-state index in [-0.39, 0.29) is 10.6 Å². The Hall–Kier alpha value is -1.65. The van der Waals surface area contributed by atoms with E-state index >= 15 is 0 Å². The molecular formula is C13H7Cl2F2NO. The van der Waals surface area contributed by atoms with Crippen molar-refractivity contribution in [2.45, 2.75) is 0 Å². The van der Waals surface area contributed by atoms with Crippen molar-refractivity contribution in [2.24, 2.45) is 0 Å². The average Bonchev–Trinajstić information content (AvgIpc) is 2.36. The first-order chi connectivity index (χ1) is 8.97. The highest BCUT2D eigenvalue weighted by atomic mass is 35.5. The monoisotopic (exact) mass is 301 g/mol. The lowest BCUT2D eigenvalue weighted by atomic mass is 10.2. The summed E-state index contributed by atoms with van der Waals surface area (Å²) in [5, 5.41) is 2.99. The normalized spacial score (nSPS) is 10.3. The Balaban J connectivity index is 2.25. The Morgan fingerprint density at radius 1 is 1.00 bits per heavy atom. The van der Waals surface area contributed by atoms with E-state index in [2.05, 4.69) is 5.32 Å². The van der Waals surface area contributed by atoms with Crippen LogP contribution in [0.3, 0.4) is 0 Å². The SMILES string of the molecule is O=C(Nc1ccc(Cl)c(Cl)c1)c1cc(F)ccc1F. The Morgan fingerprint density at radius 2 is 1.74 bits per heavy atom. The fraction of sp³-hybridized carbons (Fsp3) is 0. The number of halogens is 4. The number of carbonyl (C=O) groups excluding carboxylic acids is 1. The van der Waals surface area contributed by atoms with Crippen LogP contribution in [0.2, 0.25) is 10.0 Å². The van der Waals surface area contributed by atoms with Gasteiger partial charge in [0, 0.05) is 5.69 Å². The Morgan fingerprint density at radius 3 is 2.42 bits per heavy atom. The highest BCUT2D eigenvalue weighted by molar-refractivity contribution is 6.42. The summed E-state index contributed by atoms with van der Waals surface area (Å²) in [6.07, 6.45) is 0. The second kappa shape index (κ2) is 5.55. The molecule has 0 bridgehead atoms. The minimum absolute atomic E-state index is 0.249. The minimum atomic E-state index is -0.807. The summed E-state index contributed by atoms with van der Waals surface area (Å²) in [5.41, 5.74) is -0.0471. The van der Waals surface area contributed by atoms with E-state index in [1.54, 1.807) is 0 Å². The number of rotatable bonds is 2. The van der Waals surface area contributed by atoms with Gasteiger partial charge in [-0.3, -0.25) is 4.79 Å². The van der Waals surface area contributed by atoms with Gasteiger partial charge in [-0.2, -0.15) is 0 Å². The average molecular weight is 302 g/mol. The lowest BCUT2D eigenvalue weighted by Crippen LogP contribution is -2.14. The predicted molar refractivity (Wildman–Crippen MR) is 70.8 cm³/mol. The summed E-state index contributed by atoms with van der Waals surface area (Å²) in [6, 6.07) is 7.05. The summed E-state index contributed by atoms with van der Waals surface area (Å²) in [6.45, 7) is 0. The van der Waals surface area contributed by atoms with Gasteiger partial charge in [-0.05, 0) is 36.4 Å². The number of benzene rings is 2. The fourth-order valence-corrected chi connectivity index (χ4v) is 1.74. The molecule has 1 N–H and O–H groups in total. The van der Waals surface area contributed by atoms with E-state index in [9.17, 15) is 13.6 Å². The molecule has 0 saturated heterocycles. The lowest BCUT2D eigenvalue weighted by molar-refractivity contribution is 0.102. The first kappa shape index (κ1) is 13.8. The van der Waals surface area contributed by atoms with Crippen molar-refractivity contribution in [1.82, 2.24) is 0 Å². The van der Waals surface area contributed by atoms with Crippen molar-refractivity contribution in [1.29, 1.82) is 0 Å². The molecule has 0 aliphatic carbocycles. The van der Waals surface area contributed by atoms with E-state index < -0.39 is 17.5 Å². The Kier molecular flexibility index (Phi) is 4.02. The maximum atomic E-state index is 13.4. The van der Waals surface area contributed by atoms with E-state index in [1.165, 1.54) is 18.2 Å². The largest absolute Gasteiger partial charge is 0.322 e. The summed E-state index contributed by atoms with van der Waals surface area (Å²) in [4.78, 5) is 11.8. The van der Waals surface area contributed by atoms with Gasteiger partial charge in [0.05, 0.1) is 15.6 Å². The zero-order valence-corrected chi connectivity index (χ0v) is 10.9. The van der Waals surface area contributed by atoms with Gasteiger partial charge in [0.1, 0.15) is 11.6 Å². The number of anilines is 1. The number of carbonyl (C=O) groups is 1. The van der Waals surface area contributed by atoms with Crippen molar-refractivity contribution in [3.8, 4) is 0 Å². The summed E-state index contributed by atoms with van der Waals surface area (Å²) in [5.74, 6) is -2.27. The van der Waals surface area contributed by atoms with Crippen LogP contribution in [-0.2, 0) is 0 Å². The molecule has 0 aliphatic heterocycles. The molecule has 6 heteroatoms. The number of hydrogen-bond donors (Lipinski definition) is 1. The van der Waals surface area contributed by atoms with Gasteiger partial charge in [-0.15, -0.1) is 0 Å². The van der Waals surface area contributed by atoms with E-state index in [1.807, 2.05) is 0 Å². The van der Waals surface area contributed by atoms with Crippen LogP contribution < -0.4 is 5.32 Å². The van der Waals surface area contributed by atoms with Crippen molar-refractivity contribution in [3.63, 3.8) is 0 Å². The summed E-state index contributed by atoms with van der Waals surface area (Å²) < 4.78 is 26.4. The summed E-state index contributed by atoms with van der Waals surface area (Å²) in [7, 11) is 0. The highest BCUT2D eigenvalue weighted by Gasteiger charge is 2.13. The number of amides is 1. The van der Waals surface area contributed by atoms with Gasteiger partial charge >= 0.3 is 0 Å². The van der Waals surface area contributed by atoms with Gasteiger partial charge in [-0.1, -0.05) is 23.2 Å². The van der Waals surface area contributed by atoms with Crippen LogP contribution in [0.25, 0.3) is 0 Å². The second-order valence-electron chi connectivity index (χ2n) is 3.71. The zero-order chi connectivity index (χ0) is 14.0. The molecule has 0 saturated carbocycles. The molecule has 0 heterocycles. The first-order valence-corrected chi connectivity index (χ1v) is 5.94. The third-order valence-electron chi connectivity index (χ3n) is 2.35. The third-order valence-corrected chi connectivity index (χ3v) is 3.09. The molecule has 2 aromatic carbocycles. The number of hydrogen-bond acceptors (Lipinski definition) is 1. The van der Waals surface area contributed by atoms with Crippen LogP contribution in [0, 0.1) is 11.6 Å². The molecule has 1 amide bonds. The quantitative estimate of drug-likeness (QED) is 0.868. The van der Waals surface area contributed by atoms with Gasteiger partial charge in [0.25, 0.3) is 5.91 Å². The van der Waals surface area contributed by atoms with Gasteiger partial charge in [-0.25, -0.2) is 8.78 Å². The van der Waals surface area contributed by atoms with Crippen LogP contribution in [-0.4, -0.2) is 5.91 Å². The topological polar surface area (TPSA) is 29.1 Å². The van der Waals surface area contributed by atoms with Gasteiger partial charge < -0.3 is 5.32 Å². The molecular weight excluding hydrogens is 295 g/mol. The molecule has 0 spiro atoms. The van der Waals surface area contributed by atoms with Crippen LogP contribution >= 0.6 is 23.2 Å². The van der Waals surface area contributed by atoms with Crippen LogP contribution in [0.15, 0.2) is 36.4 Å². The third kappa shape index (κ3) is 3.22. The lowest BCUT2D eigenvalue weighted by Gasteiger charge is -2.07. The molecule has 0 atom stereocenters. The summed E-state index contributed by atoms with van der Waals surface area (Å²) >= 11 is 11.5. The fourth-order valence-electron chi connectivity index (χ4n) is 1.44. The van der Waals surface area contributed by atoms with Crippen LogP contribution in [0.1, 0.15) is 10.4 Å². The number of nitrogens with one attached hydrogen (secondary N) is 1. The maximum absolute atomic E-state index is 13.4. The standard InChI is InChI=1S/C13H7Cl2F2NO/c14-10-3-2-8(6-11(10)15)18-13(19)9-5-7(16)1-4-12(9)17/h1-6H,(H,18,19). The molecule has 0 aliphatic rings. The minimum Gasteiger partial charge on any atom is -0.322 e. The molecule has 2 rings (SSSR count). The molecule has 19 heavy (non-hydrogen) atoms. The van der Waals surface area contributed by atoms with Crippen LogP contribution in [0.4, 0.5) is 14.5 Å². The van der Waals surface area contributed by atoms with Gasteiger partial charge in [0.15, 0.2) is 0 Å². The van der Waals surface area contributed by atoms with Crippen molar-refractivity contribution < 1.29 is 13.6 Å². The smallest absolute Gasteiger partial charge is 0.258 e. The molecule has 2 nitrogen and oxygen atoms in total.